The Morgan fingerprint density at radius 1 is 0.895 bits per heavy atom. The molecule has 1 fully saturated rings. The third-order valence-electron chi connectivity index (χ3n) is 6.80. The number of allylic oxidation sites excluding steroid dienone is 1. The van der Waals surface area contributed by atoms with E-state index in [2.05, 4.69) is 51.9 Å². The zero-order valence-electron chi connectivity index (χ0n) is 23.2. The number of piperazine rings is 1. The van der Waals surface area contributed by atoms with E-state index in [0.29, 0.717) is 17.2 Å². The van der Waals surface area contributed by atoms with Gasteiger partial charge in [0, 0.05) is 59.4 Å². The molecule has 0 spiro atoms. The lowest BCUT2D eigenvalue weighted by Crippen LogP contribution is -2.44. The first-order chi connectivity index (χ1) is 18.4. The lowest BCUT2D eigenvalue weighted by Gasteiger charge is -2.35. The lowest BCUT2D eigenvalue weighted by molar-refractivity contribution is 0.311. The van der Waals surface area contributed by atoms with Crippen LogP contribution in [0.2, 0.25) is 0 Å². The Kier molecular flexibility index (Phi) is 8.53. The fourth-order valence-corrected chi connectivity index (χ4v) is 4.71. The van der Waals surface area contributed by atoms with Gasteiger partial charge < -0.3 is 39.0 Å². The summed E-state index contributed by atoms with van der Waals surface area (Å²) in [4.78, 5) is 8.14. The quantitative estimate of drug-likeness (QED) is 0.448. The van der Waals surface area contributed by atoms with Gasteiger partial charge in [-0.1, -0.05) is 12.7 Å². The monoisotopic (exact) mass is 518 g/mol. The summed E-state index contributed by atoms with van der Waals surface area (Å²) in [6, 6.07) is 12.1. The van der Waals surface area contributed by atoms with E-state index in [4.69, 9.17) is 18.9 Å². The van der Waals surface area contributed by atoms with Crippen LogP contribution >= 0.6 is 0 Å². The molecule has 0 atom stereocenters. The zero-order chi connectivity index (χ0) is 27.2. The molecule has 1 aromatic heterocycles. The molecule has 4 rings (SSSR count). The van der Waals surface area contributed by atoms with Crippen molar-refractivity contribution >= 4 is 23.7 Å². The number of H-pyrrole nitrogens is 1. The second-order valence-electron chi connectivity index (χ2n) is 9.20. The highest BCUT2D eigenvalue weighted by molar-refractivity contribution is 5.77. The molecule has 3 aromatic rings. The number of aromatic amines is 1. The van der Waals surface area contributed by atoms with Gasteiger partial charge in [0.15, 0.2) is 11.5 Å². The number of rotatable bonds is 9. The predicted molar refractivity (Wildman–Crippen MR) is 155 cm³/mol. The maximum absolute atomic E-state index is 5.69. The van der Waals surface area contributed by atoms with Gasteiger partial charge in [0.25, 0.3) is 0 Å². The molecule has 1 aliphatic heterocycles. The highest BCUT2D eigenvalue weighted by atomic mass is 16.5. The van der Waals surface area contributed by atoms with Gasteiger partial charge in [-0.3, -0.25) is 0 Å². The summed E-state index contributed by atoms with van der Waals surface area (Å²) in [5, 5.41) is 5.37. The van der Waals surface area contributed by atoms with Crippen LogP contribution in [0.5, 0.6) is 23.0 Å². The summed E-state index contributed by atoms with van der Waals surface area (Å²) >= 11 is 0. The average molecular weight is 519 g/mol. The van der Waals surface area contributed by atoms with Crippen LogP contribution in [0.4, 0.5) is 11.4 Å². The van der Waals surface area contributed by atoms with Crippen molar-refractivity contribution in [2.75, 3.05) is 71.9 Å². The van der Waals surface area contributed by atoms with Crippen molar-refractivity contribution in [1.29, 1.82) is 0 Å². The minimum Gasteiger partial charge on any atom is -0.495 e. The van der Waals surface area contributed by atoms with E-state index in [9.17, 15) is 0 Å². The Hall–Kier alpha value is -4.04. The average Bonchev–Trinajstić information content (AvgIpc) is 3.33. The number of anilines is 2. The van der Waals surface area contributed by atoms with Gasteiger partial charge >= 0.3 is 0 Å². The van der Waals surface area contributed by atoms with Crippen LogP contribution in [0.1, 0.15) is 6.92 Å². The molecule has 0 bridgehead atoms. The Balaban J connectivity index is 1.75. The molecular formula is C30H38N4O4. The summed E-state index contributed by atoms with van der Waals surface area (Å²) < 4.78 is 22.3. The fraction of sp³-hybridized carbons (Fsp3) is 0.333. The summed E-state index contributed by atoms with van der Waals surface area (Å²) in [7, 11) is 8.70. The van der Waals surface area contributed by atoms with E-state index in [1.807, 2.05) is 37.3 Å². The fourth-order valence-electron chi connectivity index (χ4n) is 4.71. The van der Waals surface area contributed by atoms with Gasteiger partial charge in [-0.25, -0.2) is 0 Å². The van der Waals surface area contributed by atoms with Crippen LogP contribution in [0.3, 0.4) is 0 Å². The second kappa shape index (κ2) is 12.0. The van der Waals surface area contributed by atoms with E-state index in [-0.39, 0.29) is 0 Å². The number of methoxy groups -OCH3 is 4. The van der Waals surface area contributed by atoms with Crippen molar-refractivity contribution in [3.8, 4) is 34.3 Å². The van der Waals surface area contributed by atoms with Crippen molar-refractivity contribution in [3.05, 3.63) is 59.1 Å². The molecule has 2 aromatic carbocycles. The summed E-state index contributed by atoms with van der Waals surface area (Å²) in [6.07, 6.45) is 4.06. The SMILES string of the molecule is C=c1[nH]c(-c2cc(OC)c(OC)c(OC)c2)c/c1=C(/C=C\C)Nc1ccc(OC)c(N2CCN(C)CC2)c1. The van der Waals surface area contributed by atoms with Crippen LogP contribution in [0, 0.1) is 0 Å². The molecule has 0 aliphatic carbocycles. The van der Waals surface area contributed by atoms with Crippen LogP contribution < -0.4 is 39.7 Å². The minimum absolute atomic E-state index is 0.555. The second-order valence-corrected chi connectivity index (χ2v) is 9.20. The Bertz CT molecular complexity index is 1380. The number of nitrogens with one attached hydrogen (secondary N) is 2. The van der Waals surface area contributed by atoms with Crippen molar-refractivity contribution < 1.29 is 18.9 Å². The molecule has 2 N–H and O–H groups in total. The standard InChI is InChI=1S/C30H38N4O4/c1-8-9-24(32-22-10-11-27(35-4)26(18-22)34-14-12-33(3)13-15-34)23-19-25(31-20(23)2)21-16-28(36-5)30(38-7)29(17-21)37-6/h8-11,16-19,31-32H,2,12-15H2,1,3-7H3/b9-8-,24-23+. The van der Waals surface area contributed by atoms with Crippen LogP contribution in [-0.2, 0) is 0 Å². The Labute approximate surface area is 224 Å². The van der Waals surface area contributed by atoms with Crippen molar-refractivity contribution in [3.63, 3.8) is 0 Å². The van der Waals surface area contributed by atoms with E-state index in [0.717, 1.165) is 70.8 Å². The van der Waals surface area contributed by atoms with E-state index in [1.54, 1.807) is 28.4 Å². The molecule has 38 heavy (non-hydrogen) atoms. The number of hydrogen-bond donors (Lipinski definition) is 2. The van der Waals surface area contributed by atoms with Crippen LogP contribution in [0.25, 0.3) is 23.5 Å². The first-order valence-corrected chi connectivity index (χ1v) is 12.7. The molecule has 0 unspecified atom stereocenters. The van der Waals surface area contributed by atoms with E-state index in [1.165, 1.54) is 0 Å². The zero-order valence-corrected chi connectivity index (χ0v) is 23.2. The van der Waals surface area contributed by atoms with Gasteiger partial charge in [-0.2, -0.15) is 0 Å². The molecule has 8 heteroatoms. The first-order valence-electron chi connectivity index (χ1n) is 12.7. The van der Waals surface area contributed by atoms with E-state index < -0.39 is 0 Å². The third-order valence-corrected chi connectivity index (χ3v) is 6.80. The number of aromatic nitrogens is 1. The highest BCUT2D eigenvalue weighted by Crippen LogP contribution is 2.40. The Morgan fingerprint density at radius 3 is 2.13 bits per heavy atom. The highest BCUT2D eigenvalue weighted by Gasteiger charge is 2.19. The summed E-state index contributed by atoms with van der Waals surface area (Å²) in [6.45, 7) is 10.2. The molecule has 8 nitrogen and oxygen atoms in total. The molecule has 0 amide bonds. The number of nitrogens with zero attached hydrogens (tertiary/aromatic N) is 2. The van der Waals surface area contributed by atoms with Gasteiger partial charge in [0.1, 0.15) is 5.75 Å². The normalized spacial score (nSPS) is 14.9. The molecule has 2 heterocycles. The molecular weight excluding hydrogens is 480 g/mol. The van der Waals surface area contributed by atoms with Gasteiger partial charge in [0.2, 0.25) is 5.75 Å². The number of benzene rings is 2. The molecule has 202 valence electrons. The predicted octanol–water partition coefficient (Wildman–Crippen LogP) is 3.67. The number of likely N-dealkylation sites (N-methyl/N-ethyl adjacent to an activating group) is 1. The molecule has 0 saturated carbocycles. The van der Waals surface area contributed by atoms with Crippen molar-refractivity contribution in [2.24, 2.45) is 0 Å². The maximum atomic E-state index is 5.69. The van der Waals surface area contributed by atoms with Crippen molar-refractivity contribution in [2.45, 2.75) is 6.92 Å². The lowest BCUT2D eigenvalue weighted by atomic mass is 10.1. The smallest absolute Gasteiger partial charge is 0.203 e. The van der Waals surface area contributed by atoms with E-state index >= 15 is 0 Å². The van der Waals surface area contributed by atoms with Gasteiger partial charge in [0.05, 0.1) is 34.1 Å². The van der Waals surface area contributed by atoms with Crippen molar-refractivity contribution in [1.82, 2.24) is 9.88 Å². The molecule has 0 radical (unpaired) electrons. The molecule has 1 saturated heterocycles. The maximum Gasteiger partial charge on any atom is 0.203 e. The van der Waals surface area contributed by atoms with Crippen LogP contribution in [-0.4, -0.2) is 71.5 Å². The first kappa shape index (κ1) is 27.0. The largest absolute Gasteiger partial charge is 0.495 e. The molecule has 1 aliphatic rings. The Morgan fingerprint density at radius 2 is 1.55 bits per heavy atom. The van der Waals surface area contributed by atoms with Crippen LogP contribution in [0.15, 0.2) is 48.6 Å². The number of ether oxygens (including phenoxy) is 4. The number of hydrogen-bond acceptors (Lipinski definition) is 7. The third kappa shape index (κ3) is 5.60. The topological polar surface area (TPSA) is 71.2 Å². The minimum atomic E-state index is 0.555. The summed E-state index contributed by atoms with van der Waals surface area (Å²) in [5.74, 6) is 2.61. The van der Waals surface area contributed by atoms with Gasteiger partial charge in [-0.05, 0) is 56.4 Å². The van der Waals surface area contributed by atoms with Gasteiger partial charge in [-0.15, -0.1) is 0 Å². The summed E-state index contributed by atoms with van der Waals surface area (Å²) in [5.41, 5.74) is 4.79.